The van der Waals surface area contributed by atoms with Crippen LogP contribution in [0.2, 0.25) is 0 Å². The lowest BCUT2D eigenvalue weighted by molar-refractivity contribution is 0.132. The number of benzene rings is 3. The number of likely N-dealkylation sites (N-methyl/N-ethyl adjacent to an activating group) is 1. The molecule has 1 heterocycles. The van der Waals surface area contributed by atoms with Crippen LogP contribution in [0.5, 0.6) is 5.75 Å². The minimum atomic E-state index is -0.752. The Morgan fingerprint density at radius 2 is 1.77 bits per heavy atom. The van der Waals surface area contributed by atoms with Crippen molar-refractivity contribution in [3.05, 3.63) is 90.4 Å². The molecule has 2 N–H and O–H groups in total. The smallest absolute Gasteiger partial charge is 0.127 e. The van der Waals surface area contributed by atoms with Crippen molar-refractivity contribution in [3.63, 3.8) is 0 Å². The van der Waals surface area contributed by atoms with Gasteiger partial charge >= 0.3 is 0 Å². The van der Waals surface area contributed by atoms with Gasteiger partial charge in [0.05, 0.1) is 18.8 Å². The van der Waals surface area contributed by atoms with Gasteiger partial charge in [-0.3, -0.25) is 0 Å². The first kappa shape index (κ1) is 21.1. The zero-order chi connectivity index (χ0) is 21.8. The molecule has 0 saturated heterocycles. The molecule has 0 fully saturated rings. The van der Waals surface area contributed by atoms with E-state index in [9.17, 15) is 9.50 Å². The maximum absolute atomic E-state index is 14.1. The molecule has 31 heavy (non-hydrogen) atoms. The highest BCUT2D eigenvalue weighted by Crippen LogP contribution is 2.39. The minimum Gasteiger partial charge on any atom is -0.493 e. The summed E-state index contributed by atoms with van der Waals surface area (Å²) in [5, 5.41) is 15.1. The minimum absolute atomic E-state index is 0.322. The molecule has 2 atom stereocenters. The Kier molecular flexibility index (Phi) is 6.35. The van der Waals surface area contributed by atoms with Gasteiger partial charge in [0.25, 0.3) is 0 Å². The number of aliphatic hydroxyl groups excluding tert-OH is 1. The van der Waals surface area contributed by atoms with E-state index in [1.807, 2.05) is 66.2 Å². The van der Waals surface area contributed by atoms with Gasteiger partial charge in [0.1, 0.15) is 11.6 Å². The fourth-order valence-electron chi connectivity index (χ4n) is 4.20. The molecule has 0 aliphatic heterocycles. The molecule has 0 aliphatic rings. The summed E-state index contributed by atoms with van der Waals surface area (Å²) in [4.78, 5) is 0. The van der Waals surface area contributed by atoms with Crippen LogP contribution in [0, 0.1) is 5.82 Å². The number of para-hydroxylation sites is 2. The highest BCUT2D eigenvalue weighted by molar-refractivity contribution is 5.97. The Hall–Kier alpha value is -3.15. The normalized spacial score (nSPS) is 13.3. The molecule has 0 amide bonds. The fourth-order valence-corrected chi connectivity index (χ4v) is 4.20. The van der Waals surface area contributed by atoms with Crippen molar-refractivity contribution in [2.24, 2.45) is 0 Å². The maximum Gasteiger partial charge on any atom is 0.127 e. The number of ether oxygens (including phenoxy) is 1. The predicted molar refractivity (Wildman–Crippen MR) is 123 cm³/mol. The number of nitrogens with zero attached hydrogens (tertiary/aromatic N) is 1. The Bertz CT molecular complexity index is 1170. The molecule has 4 rings (SSSR count). The third kappa shape index (κ3) is 4.20. The van der Waals surface area contributed by atoms with Crippen molar-refractivity contribution in [1.82, 2.24) is 9.88 Å². The second-order valence-electron chi connectivity index (χ2n) is 7.52. The Morgan fingerprint density at radius 3 is 2.55 bits per heavy atom. The number of aromatic nitrogens is 1. The van der Waals surface area contributed by atoms with Crippen LogP contribution >= 0.6 is 0 Å². The largest absolute Gasteiger partial charge is 0.493 e. The molecule has 0 radical (unpaired) electrons. The summed E-state index contributed by atoms with van der Waals surface area (Å²) in [6.45, 7) is 2.91. The van der Waals surface area contributed by atoms with E-state index in [4.69, 9.17) is 4.74 Å². The van der Waals surface area contributed by atoms with Crippen LogP contribution in [0.15, 0.2) is 79.0 Å². The summed E-state index contributed by atoms with van der Waals surface area (Å²) in [5.41, 5.74) is 3.68. The Labute approximate surface area is 181 Å². The summed E-state index contributed by atoms with van der Waals surface area (Å²) >= 11 is 0. The third-order valence-electron chi connectivity index (χ3n) is 5.49. The molecule has 0 saturated carbocycles. The first-order valence-electron chi connectivity index (χ1n) is 10.5. The van der Waals surface area contributed by atoms with Gasteiger partial charge in [-0.05, 0) is 43.8 Å². The third-order valence-corrected chi connectivity index (χ3v) is 5.49. The number of fused-ring (bicyclic) bond motifs is 1. The molecule has 1 aromatic heterocycles. The average Bonchev–Trinajstić information content (AvgIpc) is 3.14. The summed E-state index contributed by atoms with van der Waals surface area (Å²) < 4.78 is 22.0. The van der Waals surface area contributed by atoms with Gasteiger partial charge in [-0.2, -0.15) is 0 Å². The zero-order valence-corrected chi connectivity index (χ0v) is 17.8. The van der Waals surface area contributed by atoms with Gasteiger partial charge in [-0.25, -0.2) is 4.39 Å². The van der Waals surface area contributed by atoms with Gasteiger partial charge < -0.3 is 19.7 Å². The highest BCUT2D eigenvalue weighted by atomic mass is 19.1. The number of rotatable bonds is 8. The molecule has 5 heteroatoms. The Balaban J connectivity index is 1.95. The molecular weight excluding hydrogens is 391 g/mol. The van der Waals surface area contributed by atoms with Gasteiger partial charge in [0.2, 0.25) is 0 Å². The van der Waals surface area contributed by atoms with Crippen LogP contribution < -0.4 is 10.1 Å². The van der Waals surface area contributed by atoms with Crippen LogP contribution in [0.25, 0.3) is 22.0 Å². The van der Waals surface area contributed by atoms with Crippen molar-refractivity contribution < 1.29 is 14.2 Å². The zero-order valence-electron chi connectivity index (χ0n) is 17.8. The number of aliphatic hydroxyl groups is 1. The van der Waals surface area contributed by atoms with Gasteiger partial charge in [-0.1, -0.05) is 48.5 Å². The van der Waals surface area contributed by atoms with E-state index in [-0.39, 0.29) is 5.82 Å². The summed E-state index contributed by atoms with van der Waals surface area (Å²) in [5.74, 6) is 0.489. The lowest BCUT2D eigenvalue weighted by Gasteiger charge is -2.26. The van der Waals surface area contributed by atoms with Crippen LogP contribution in [0.4, 0.5) is 4.39 Å². The number of hydrogen-bond acceptors (Lipinski definition) is 3. The Morgan fingerprint density at radius 1 is 1.00 bits per heavy atom. The van der Waals surface area contributed by atoms with E-state index in [2.05, 4.69) is 11.4 Å². The van der Waals surface area contributed by atoms with E-state index < -0.39 is 12.1 Å². The second-order valence-corrected chi connectivity index (χ2v) is 7.52. The van der Waals surface area contributed by atoms with Crippen molar-refractivity contribution in [2.75, 3.05) is 20.2 Å². The highest BCUT2D eigenvalue weighted by Gasteiger charge is 2.26. The van der Waals surface area contributed by atoms with E-state index in [1.54, 1.807) is 13.1 Å². The molecule has 0 spiro atoms. The quantitative estimate of drug-likeness (QED) is 0.423. The first-order valence-corrected chi connectivity index (χ1v) is 10.5. The number of nitrogens with one attached hydrogen (secondary N) is 1. The fraction of sp³-hybridized carbons (Fsp3) is 0.231. The van der Waals surface area contributed by atoms with Gasteiger partial charge in [0, 0.05) is 34.8 Å². The second kappa shape index (κ2) is 9.33. The van der Waals surface area contributed by atoms with E-state index in [0.717, 1.165) is 27.8 Å². The summed E-state index contributed by atoms with van der Waals surface area (Å²) in [6, 6.07) is 22.0. The van der Waals surface area contributed by atoms with Crippen LogP contribution in [0.1, 0.15) is 18.5 Å². The van der Waals surface area contributed by atoms with Crippen molar-refractivity contribution in [1.29, 1.82) is 0 Å². The van der Waals surface area contributed by atoms with Crippen LogP contribution in [-0.4, -0.2) is 36.0 Å². The van der Waals surface area contributed by atoms with Gasteiger partial charge in [0.15, 0.2) is 0 Å². The van der Waals surface area contributed by atoms with E-state index in [0.29, 0.717) is 18.7 Å². The van der Waals surface area contributed by atoms with Crippen molar-refractivity contribution in [2.45, 2.75) is 19.1 Å². The average molecular weight is 419 g/mol. The SMILES string of the molecule is CCOc1ccccc1-c1cn([C@@H](c2cccc(F)c2)[C@H](O)CNC)c2ccccc12. The molecule has 0 bridgehead atoms. The standard InChI is InChI=1S/C26H27FN2O2/c1-3-31-25-14-7-5-12-21(25)22-17-29(23-13-6-4-11-20(22)23)26(24(30)16-28-2)18-9-8-10-19(27)15-18/h4-15,17,24,26,28,30H,3,16H2,1-2H3/t24-,26+/m1/s1. The molecule has 3 aromatic carbocycles. The van der Waals surface area contributed by atoms with E-state index >= 15 is 0 Å². The summed E-state index contributed by atoms with van der Waals surface area (Å²) in [6.07, 6.45) is 1.29. The molecule has 4 aromatic rings. The van der Waals surface area contributed by atoms with Crippen molar-refractivity contribution in [3.8, 4) is 16.9 Å². The lowest BCUT2D eigenvalue weighted by atomic mass is 10.0. The first-order chi connectivity index (χ1) is 15.1. The van der Waals surface area contributed by atoms with Crippen molar-refractivity contribution >= 4 is 10.9 Å². The molecular formula is C26H27FN2O2. The molecule has 0 aliphatic carbocycles. The molecule has 0 unspecified atom stereocenters. The van der Waals surface area contributed by atoms with Crippen LogP contribution in [-0.2, 0) is 0 Å². The summed E-state index contributed by atoms with van der Waals surface area (Å²) in [7, 11) is 1.80. The lowest BCUT2D eigenvalue weighted by Crippen LogP contribution is -2.33. The van der Waals surface area contributed by atoms with E-state index in [1.165, 1.54) is 12.1 Å². The number of hydrogen-bond donors (Lipinski definition) is 2. The maximum atomic E-state index is 14.1. The van der Waals surface area contributed by atoms with Crippen LogP contribution in [0.3, 0.4) is 0 Å². The predicted octanol–water partition coefficient (Wildman–Crippen LogP) is 5.02. The monoisotopic (exact) mass is 418 g/mol. The molecule has 4 nitrogen and oxygen atoms in total. The topological polar surface area (TPSA) is 46.4 Å². The van der Waals surface area contributed by atoms with Gasteiger partial charge in [-0.15, -0.1) is 0 Å². The molecule has 160 valence electrons. The number of halogens is 1.